The van der Waals surface area contributed by atoms with Gasteiger partial charge in [0.2, 0.25) is 17.7 Å². The lowest BCUT2D eigenvalue weighted by Crippen LogP contribution is -2.35. The van der Waals surface area contributed by atoms with Crippen molar-refractivity contribution in [3.05, 3.63) is 28.7 Å². The molecule has 1 N–H and O–H groups in total. The molecule has 4 atom stereocenters. The molecule has 1 aliphatic heterocycles. The molecule has 1 heterocycles. The van der Waals surface area contributed by atoms with Crippen LogP contribution in [0, 0.1) is 23.7 Å². The zero-order chi connectivity index (χ0) is 16.8. The van der Waals surface area contributed by atoms with Crippen molar-refractivity contribution >= 4 is 39.3 Å². The molecule has 1 saturated heterocycles. The van der Waals surface area contributed by atoms with Crippen molar-refractivity contribution in [2.75, 3.05) is 11.9 Å². The number of likely N-dealkylation sites (tertiary alicyclic amines) is 1. The minimum atomic E-state index is -0.182. The lowest BCUT2D eigenvalue weighted by molar-refractivity contribution is -0.140. The molecule has 1 aromatic rings. The standard InChI is InChI=1S/C18H19BrN2O3/c19-12-3-5-13(6-4-12)20-14(22)7-8-21-17(23)15-10-1-2-11(9-10)16(15)18(21)24/h3-6,10-11,15-16H,1-2,7-9H2,(H,20,22)/t10-,11+,15-,16-/m0/s1. The van der Waals surface area contributed by atoms with Crippen LogP contribution >= 0.6 is 15.9 Å². The molecule has 126 valence electrons. The summed E-state index contributed by atoms with van der Waals surface area (Å²) in [6.07, 6.45) is 3.32. The summed E-state index contributed by atoms with van der Waals surface area (Å²) in [6.45, 7) is 0.187. The Morgan fingerprint density at radius 3 is 2.25 bits per heavy atom. The van der Waals surface area contributed by atoms with Crippen LogP contribution in [-0.2, 0) is 14.4 Å². The van der Waals surface area contributed by atoms with Gasteiger partial charge in [-0.1, -0.05) is 15.9 Å². The average Bonchev–Trinajstić information content (AvgIpc) is 3.23. The number of amides is 3. The number of carbonyl (C=O) groups excluding carboxylic acids is 3. The molecule has 0 spiro atoms. The minimum absolute atomic E-state index is 0.0476. The van der Waals surface area contributed by atoms with Crippen LogP contribution in [0.4, 0.5) is 5.69 Å². The van der Waals surface area contributed by atoms with Crippen molar-refractivity contribution in [1.82, 2.24) is 4.90 Å². The zero-order valence-corrected chi connectivity index (χ0v) is 14.8. The molecule has 2 aliphatic carbocycles. The molecule has 1 aromatic carbocycles. The van der Waals surface area contributed by atoms with Crippen LogP contribution in [0.3, 0.4) is 0 Å². The fourth-order valence-corrected chi connectivity index (χ4v) is 4.93. The number of carbonyl (C=O) groups is 3. The Hall–Kier alpha value is -1.69. The summed E-state index contributed by atoms with van der Waals surface area (Å²) in [5.41, 5.74) is 0.706. The van der Waals surface area contributed by atoms with Crippen molar-refractivity contribution in [3.63, 3.8) is 0 Å². The highest BCUT2D eigenvalue weighted by atomic mass is 79.9. The number of rotatable bonds is 4. The van der Waals surface area contributed by atoms with E-state index in [9.17, 15) is 14.4 Å². The predicted octanol–water partition coefficient (Wildman–Crippen LogP) is 2.81. The quantitative estimate of drug-likeness (QED) is 0.803. The number of halogens is 1. The first-order valence-corrected chi connectivity index (χ1v) is 9.24. The highest BCUT2D eigenvalue weighted by Gasteiger charge is 2.60. The highest BCUT2D eigenvalue weighted by molar-refractivity contribution is 9.10. The number of fused-ring (bicyclic) bond motifs is 5. The molecule has 0 radical (unpaired) electrons. The zero-order valence-electron chi connectivity index (χ0n) is 13.2. The highest BCUT2D eigenvalue weighted by Crippen LogP contribution is 2.56. The number of benzene rings is 1. The van der Waals surface area contributed by atoms with Crippen molar-refractivity contribution < 1.29 is 14.4 Å². The number of nitrogens with one attached hydrogen (secondary N) is 1. The Morgan fingerprint density at radius 1 is 1.08 bits per heavy atom. The summed E-state index contributed by atoms with van der Waals surface area (Å²) in [4.78, 5) is 38.5. The normalized spacial score (nSPS) is 30.8. The van der Waals surface area contributed by atoms with E-state index in [4.69, 9.17) is 0 Å². The van der Waals surface area contributed by atoms with Gasteiger partial charge in [0.1, 0.15) is 0 Å². The molecular formula is C18H19BrN2O3. The van der Waals surface area contributed by atoms with Crippen molar-refractivity contribution in [1.29, 1.82) is 0 Å². The van der Waals surface area contributed by atoms with Gasteiger partial charge in [-0.3, -0.25) is 19.3 Å². The molecule has 3 amide bonds. The molecule has 3 fully saturated rings. The van der Waals surface area contributed by atoms with Gasteiger partial charge in [-0.25, -0.2) is 0 Å². The first-order valence-electron chi connectivity index (χ1n) is 8.45. The van der Waals surface area contributed by atoms with Crippen LogP contribution in [0.1, 0.15) is 25.7 Å². The summed E-state index contributed by atoms with van der Waals surface area (Å²) in [7, 11) is 0. The number of anilines is 1. The maximum Gasteiger partial charge on any atom is 0.233 e. The number of imide groups is 1. The molecule has 3 aliphatic rings. The van der Waals surface area contributed by atoms with Crippen LogP contribution in [-0.4, -0.2) is 29.2 Å². The summed E-state index contributed by atoms with van der Waals surface area (Å²) in [5.74, 6) is 0.285. The van der Waals surface area contributed by atoms with E-state index in [1.807, 2.05) is 12.1 Å². The van der Waals surface area contributed by atoms with Crippen LogP contribution in [0.2, 0.25) is 0 Å². The van der Waals surface area contributed by atoms with Gasteiger partial charge in [-0.15, -0.1) is 0 Å². The summed E-state index contributed by atoms with van der Waals surface area (Å²) >= 11 is 3.34. The second-order valence-corrected chi connectivity index (χ2v) is 7.93. The van der Waals surface area contributed by atoms with Gasteiger partial charge in [0, 0.05) is 23.1 Å². The lowest BCUT2D eigenvalue weighted by Gasteiger charge is -2.19. The molecule has 24 heavy (non-hydrogen) atoms. The van der Waals surface area contributed by atoms with Gasteiger partial charge in [-0.2, -0.15) is 0 Å². The largest absolute Gasteiger partial charge is 0.326 e. The van der Waals surface area contributed by atoms with Crippen LogP contribution in [0.15, 0.2) is 28.7 Å². The number of hydrogen-bond donors (Lipinski definition) is 1. The van der Waals surface area contributed by atoms with Crippen molar-refractivity contribution in [3.8, 4) is 0 Å². The Labute approximate surface area is 148 Å². The van der Waals surface area contributed by atoms with E-state index in [1.54, 1.807) is 12.1 Å². The second kappa shape index (κ2) is 5.99. The number of nitrogens with zero attached hydrogens (tertiary/aromatic N) is 1. The molecule has 6 heteroatoms. The first kappa shape index (κ1) is 15.8. The van der Waals surface area contributed by atoms with E-state index in [0.717, 1.165) is 23.7 Å². The Morgan fingerprint density at radius 2 is 1.67 bits per heavy atom. The fourth-order valence-electron chi connectivity index (χ4n) is 4.66. The summed E-state index contributed by atoms with van der Waals surface area (Å²) in [6, 6.07) is 7.30. The van der Waals surface area contributed by atoms with E-state index in [-0.39, 0.29) is 42.5 Å². The van der Waals surface area contributed by atoms with Gasteiger partial charge < -0.3 is 5.32 Å². The third kappa shape index (κ3) is 2.57. The van der Waals surface area contributed by atoms with Gasteiger partial charge in [0.05, 0.1) is 11.8 Å². The smallest absolute Gasteiger partial charge is 0.233 e. The monoisotopic (exact) mass is 390 g/mol. The third-order valence-corrected chi connectivity index (χ3v) is 6.24. The van der Waals surface area contributed by atoms with Crippen molar-refractivity contribution in [2.24, 2.45) is 23.7 Å². The predicted molar refractivity (Wildman–Crippen MR) is 91.9 cm³/mol. The van der Waals surface area contributed by atoms with Crippen LogP contribution in [0.25, 0.3) is 0 Å². The topological polar surface area (TPSA) is 66.5 Å². The van der Waals surface area contributed by atoms with Crippen molar-refractivity contribution in [2.45, 2.75) is 25.7 Å². The lowest BCUT2D eigenvalue weighted by atomic mass is 9.81. The molecule has 0 unspecified atom stereocenters. The fraction of sp³-hybridized carbons (Fsp3) is 0.500. The Balaban J connectivity index is 1.36. The van der Waals surface area contributed by atoms with E-state index < -0.39 is 0 Å². The van der Waals surface area contributed by atoms with Gasteiger partial charge >= 0.3 is 0 Å². The maximum atomic E-state index is 12.6. The number of hydrogen-bond acceptors (Lipinski definition) is 3. The van der Waals surface area contributed by atoms with Gasteiger partial charge in [0.15, 0.2) is 0 Å². The second-order valence-electron chi connectivity index (χ2n) is 7.02. The summed E-state index contributed by atoms with van der Waals surface area (Å²) in [5, 5.41) is 2.79. The molecule has 2 saturated carbocycles. The molecule has 2 bridgehead atoms. The van der Waals surface area contributed by atoms with E-state index in [0.29, 0.717) is 17.5 Å². The Kier molecular flexibility index (Phi) is 3.95. The average molecular weight is 391 g/mol. The molecule has 4 rings (SSSR count). The first-order chi connectivity index (χ1) is 11.5. The van der Waals surface area contributed by atoms with Crippen LogP contribution < -0.4 is 5.32 Å². The van der Waals surface area contributed by atoms with Gasteiger partial charge in [0.25, 0.3) is 0 Å². The SMILES string of the molecule is O=C(CCN1C(=O)[C@H]2[C@@H]3CC[C@@H](C3)[C@@H]2C1=O)Nc1ccc(Br)cc1. The van der Waals surface area contributed by atoms with Crippen LogP contribution in [0.5, 0.6) is 0 Å². The third-order valence-electron chi connectivity index (χ3n) is 5.71. The maximum absolute atomic E-state index is 12.6. The Bertz CT molecular complexity index is 675. The van der Waals surface area contributed by atoms with Gasteiger partial charge in [-0.05, 0) is 55.4 Å². The summed E-state index contributed by atoms with van der Waals surface area (Å²) < 4.78 is 0.940. The minimum Gasteiger partial charge on any atom is -0.326 e. The molecule has 5 nitrogen and oxygen atoms in total. The molecular weight excluding hydrogens is 372 g/mol. The van der Waals surface area contributed by atoms with E-state index in [1.165, 1.54) is 4.90 Å². The van der Waals surface area contributed by atoms with E-state index in [2.05, 4.69) is 21.2 Å². The van der Waals surface area contributed by atoms with E-state index >= 15 is 0 Å². The molecule has 0 aromatic heterocycles.